The second-order valence-electron chi connectivity index (χ2n) is 4.02. The van der Waals surface area contributed by atoms with E-state index in [9.17, 15) is 0 Å². The first-order valence-corrected chi connectivity index (χ1v) is 6.68. The van der Waals surface area contributed by atoms with E-state index in [1.54, 1.807) is 0 Å². The van der Waals surface area contributed by atoms with Gasteiger partial charge < -0.3 is 10.1 Å². The number of rotatable bonds is 3. The number of hydrogen-bond donors (Lipinski definition) is 1. The fourth-order valence-electron chi connectivity index (χ4n) is 1.81. The van der Waals surface area contributed by atoms with Crippen molar-refractivity contribution in [1.82, 2.24) is 5.32 Å². The van der Waals surface area contributed by atoms with Crippen LogP contribution in [-0.2, 0) is 11.3 Å². The monoisotopic (exact) mass is 303 g/mol. The number of halogens is 2. The third-order valence-corrected chi connectivity index (χ3v) is 4.01. The molecule has 0 atom stereocenters. The van der Waals surface area contributed by atoms with Crippen molar-refractivity contribution in [1.29, 1.82) is 0 Å². The fourth-order valence-corrected chi connectivity index (χ4v) is 2.36. The second-order valence-corrected chi connectivity index (χ2v) is 5.28. The zero-order valence-corrected chi connectivity index (χ0v) is 11.4. The molecular weight excluding hydrogens is 289 g/mol. The van der Waals surface area contributed by atoms with Crippen LogP contribution in [0.1, 0.15) is 18.4 Å². The van der Waals surface area contributed by atoms with Crippen LogP contribution in [0.3, 0.4) is 0 Å². The van der Waals surface area contributed by atoms with Crippen molar-refractivity contribution in [2.45, 2.75) is 25.4 Å². The first-order chi connectivity index (χ1) is 7.75. The van der Waals surface area contributed by atoms with Gasteiger partial charge in [-0.2, -0.15) is 0 Å². The van der Waals surface area contributed by atoms with E-state index in [4.69, 9.17) is 16.3 Å². The van der Waals surface area contributed by atoms with Gasteiger partial charge in [0.2, 0.25) is 0 Å². The van der Waals surface area contributed by atoms with E-state index in [0.717, 1.165) is 42.1 Å². The van der Waals surface area contributed by atoms with Crippen molar-refractivity contribution in [3.63, 3.8) is 0 Å². The van der Waals surface area contributed by atoms with Crippen molar-refractivity contribution in [3.05, 3.63) is 33.3 Å². The Hall–Kier alpha value is -0.0900. The Morgan fingerprint density at radius 1 is 1.38 bits per heavy atom. The molecule has 0 aliphatic carbocycles. The molecule has 1 aromatic rings. The number of benzene rings is 1. The Labute approximate surface area is 109 Å². The molecule has 0 amide bonds. The number of nitrogens with one attached hydrogen (secondary N) is 1. The molecule has 1 fully saturated rings. The maximum Gasteiger partial charge on any atom is 0.0548 e. The zero-order chi connectivity index (χ0) is 11.4. The number of ether oxygens (including phenoxy) is 1. The van der Waals surface area contributed by atoms with Gasteiger partial charge in [0.1, 0.15) is 0 Å². The molecule has 2 nitrogen and oxygen atoms in total. The summed E-state index contributed by atoms with van der Waals surface area (Å²) in [7, 11) is 0. The molecule has 1 N–H and O–H groups in total. The summed E-state index contributed by atoms with van der Waals surface area (Å²) < 4.78 is 6.28. The Bertz CT molecular complexity index is 353. The highest BCUT2D eigenvalue weighted by molar-refractivity contribution is 9.10. The van der Waals surface area contributed by atoms with E-state index in [1.807, 2.05) is 6.07 Å². The average molecular weight is 305 g/mol. The molecule has 2 rings (SSSR count). The van der Waals surface area contributed by atoms with E-state index in [0.29, 0.717) is 6.04 Å². The van der Waals surface area contributed by atoms with Gasteiger partial charge in [-0.25, -0.2) is 0 Å². The molecule has 0 aromatic heterocycles. The molecule has 0 radical (unpaired) electrons. The van der Waals surface area contributed by atoms with E-state index >= 15 is 0 Å². The third-order valence-electron chi connectivity index (χ3n) is 2.80. The van der Waals surface area contributed by atoms with Crippen molar-refractivity contribution < 1.29 is 4.74 Å². The lowest BCUT2D eigenvalue weighted by atomic mass is 10.1. The van der Waals surface area contributed by atoms with Crippen LogP contribution in [0.2, 0.25) is 5.02 Å². The van der Waals surface area contributed by atoms with Crippen molar-refractivity contribution >= 4 is 27.5 Å². The van der Waals surface area contributed by atoms with E-state index in [1.165, 1.54) is 5.56 Å². The molecule has 0 unspecified atom stereocenters. The van der Waals surface area contributed by atoms with Gasteiger partial charge in [0.15, 0.2) is 0 Å². The van der Waals surface area contributed by atoms with Gasteiger partial charge in [-0.3, -0.25) is 0 Å². The minimum absolute atomic E-state index is 0.586. The summed E-state index contributed by atoms with van der Waals surface area (Å²) in [4.78, 5) is 0. The van der Waals surface area contributed by atoms with Crippen LogP contribution >= 0.6 is 27.5 Å². The maximum atomic E-state index is 5.95. The Kier molecular flexibility index (Phi) is 4.65. The lowest BCUT2D eigenvalue weighted by Gasteiger charge is -2.23. The van der Waals surface area contributed by atoms with Gasteiger partial charge in [0.25, 0.3) is 0 Å². The molecular formula is C12H15BrClNO. The van der Waals surface area contributed by atoms with Crippen LogP contribution in [0.25, 0.3) is 0 Å². The van der Waals surface area contributed by atoms with Gasteiger partial charge in [-0.15, -0.1) is 0 Å². The maximum absolute atomic E-state index is 5.95. The highest BCUT2D eigenvalue weighted by Gasteiger charge is 2.12. The molecule has 4 heteroatoms. The smallest absolute Gasteiger partial charge is 0.0548 e. The third kappa shape index (κ3) is 3.45. The molecule has 0 spiro atoms. The molecule has 1 aromatic carbocycles. The van der Waals surface area contributed by atoms with Gasteiger partial charge in [-0.05, 0) is 46.5 Å². The summed E-state index contributed by atoms with van der Waals surface area (Å²) >= 11 is 9.38. The molecule has 88 valence electrons. The average Bonchev–Trinajstić information content (AvgIpc) is 2.32. The highest BCUT2D eigenvalue weighted by Crippen LogP contribution is 2.23. The lowest BCUT2D eigenvalue weighted by molar-refractivity contribution is 0.0776. The van der Waals surface area contributed by atoms with E-state index in [2.05, 4.69) is 33.4 Å². The molecule has 1 aliphatic heterocycles. The SMILES string of the molecule is Clc1ccc(CNC2CCOCC2)cc1Br. The molecule has 1 aliphatic rings. The van der Waals surface area contributed by atoms with Crippen LogP contribution in [0.5, 0.6) is 0 Å². The van der Waals surface area contributed by atoms with Gasteiger partial charge in [0, 0.05) is 30.3 Å². The second kappa shape index (κ2) is 6.01. The normalized spacial score (nSPS) is 17.6. The van der Waals surface area contributed by atoms with Gasteiger partial charge >= 0.3 is 0 Å². The molecule has 1 saturated heterocycles. The van der Waals surface area contributed by atoms with E-state index in [-0.39, 0.29) is 0 Å². The quantitative estimate of drug-likeness (QED) is 0.924. The van der Waals surface area contributed by atoms with E-state index < -0.39 is 0 Å². The largest absolute Gasteiger partial charge is 0.381 e. The number of hydrogen-bond acceptors (Lipinski definition) is 2. The van der Waals surface area contributed by atoms with Crippen molar-refractivity contribution in [2.24, 2.45) is 0 Å². The highest BCUT2D eigenvalue weighted by atomic mass is 79.9. The molecule has 16 heavy (non-hydrogen) atoms. The van der Waals surface area contributed by atoms with Crippen molar-refractivity contribution in [3.8, 4) is 0 Å². The zero-order valence-electron chi connectivity index (χ0n) is 9.01. The van der Waals surface area contributed by atoms with Crippen LogP contribution in [-0.4, -0.2) is 19.3 Å². The lowest BCUT2D eigenvalue weighted by Crippen LogP contribution is -2.34. The van der Waals surface area contributed by atoms with Crippen LogP contribution in [0.4, 0.5) is 0 Å². The summed E-state index contributed by atoms with van der Waals surface area (Å²) in [6.07, 6.45) is 2.21. The molecule has 0 bridgehead atoms. The molecule has 0 saturated carbocycles. The summed E-state index contributed by atoms with van der Waals surface area (Å²) in [5.41, 5.74) is 1.25. The summed E-state index contributed by atoms with van der Waals surface area (Å²) in [5, 5.41) is 4.30. The van der Waals surface area contributed by atoms with Crippen LogP contribution in [0.15, 0.2) is 22.7 Å². The minimum Gasteiger partial charge on any atom is -0.381 e. The van der Waals surface area contributed by atoms with Crippen LogP contribution in [0, 0.1) is 0 Å². The first-order valence-electron chi connectivity index (χ1n) is 5.51. The Balaban J connectivity index is 1.86. The Morgan fingerprint density at radius 2 is 2.12 bits per heavy atom. The summed E-state index contributed by atoms with van der Waals surface area (Å²) in [6.45, 7) is 2.64. The van der Waals surface area contributed by atoms with Gasteiger partial charge in [-0.1, -0.05) is 17.7 Å². The predicted octanol–water partition coefficient (Wildman–Crippen LogP) is 3.37. The van der Waals surface area contributed by atoms with Gasteiger partial charge in [0.05, 0.1) is 5.02 Å². The first kappa shape index (κ1) is 12.4. The summed E-state index contributed by atoms with van der Waals surface area (Å²) in [5.74, 6) is 0. The standard InChI is InChI=1S/C12H15BrClNO/c13-11-7-9(1-2-12(11)14)8-15-10-3-5-16-6-4-10/h1-2,7,10,15H,3-6,8H2. The molecule has 1 heterocycles. The van der Waals surface area contributed by atoms with Crippen LogP contribution < -0.4 is 5.32 Å². The topological polar surface area (TPSA) is 21.3 Å². The summed E-state index contributed by atoms with van der Waals surface area (Å²) in [6, 6.07) is 6.63. The Morgan fingerprint density at radius 3 is 2.81 bits per heavy atom. The fraction of sp³-hybridized carbons (Fsp3) is 0.500. The predicted molar refractivity (Wildman–Crippen MR) is 69.8 cm³/mol. The minimum atomic E-state index is 0.586. The van der Waals surface area contributed by atoms with Crippen molar-refractivity contribution in [2.75, 3.05) is 13.2 Å².